The molecule has 2 atom stereocenters. The highest BCUT2D eigenvalue weighted by molar-refractivity contribution is 7.99. The zero-order valence-corrected chi connectivity index (χ0v) is 18.9. The topological polar surface area (TPSA) is 63.4 Å². The number of thiophene rings is 2. The third-order valence-electron chi connectivity index (χ3n) is 5.45. The third kappa shape index (κ3) is 3.77. The molecular weight excluding hydrogens is 434 g/mol. The second kappa shape index (κ2) is 8.49. The molecule has 0 radical (unpaired) electrons. The monoisotopic (exact) mass is 455 g/mol. The van der Waals surface area contributed by atoms with E-state index >= 15 is 0 Å². The van der Waals surface area contributed by atoms with Crippen LogP contribution in [0.1, 0.15) is 35.1 Å². The lowest BCUT2D eigenvalue weighted by Crippen LogP contribution is -2.32. The molecule has 0 aromatic carbocycles. The lowest BCUT2D eigenvalue weighted by atomic mass is 9.79. The number of carbonyl (C=O) groups is 1. The summed E-state index contributed by atoms with van der Waals surface area (Å²) in [6.07, 6.45) is 7.10. The SMILES string of the molecule is Cn1cnnc1SCC(=O)N1N=C2C(=Cc3cccs3)CCCC2C1c1cccs1. The molecule has 2 unspecified atom stereocenters. The van der Waals surface area contributed by atoms with Crippen molar-refractivity contribution in [2.45, 2.75) is 30.5 Å². The fourth-order valence-electron chi connectivity index (χ4n) is 4.09. The summed E-state index contributed by atoms with van der Waals surface area (Å²) in [6, 6.07) is 8.37. The van der Waals surface area contributed by atoms with Crippen molar-refractivity contribution in [2.24, 2.45) is 18.1 Å². The molecule has 5 rings (SSSR count). The van der Waals surface area contributed by atoms with Gasteiger partial charge in [0, 0.05) is 22.7 Å². The van der Waals surface area contributed by atoms with Crippen molar-refractivity contribution in [3.05, 3.63) is 56.7 Å². The minimum absolute atomic E-state index is 0.0128. The van der Waals surface area contributed by atoms with Gasteiger partial charge in [-0.2, -0.15) is 5.10 Å². The van der Waals surface area contributed by atoms with Crippen molar-refractivity contribution in [1.29, 1.82) is 0 Å². The minimum atomic E-state index is -0.0142. The highest BCUT2D eigenvalue weighted by Gasteiger charge is 2.44. The van der Waals surface area contributed by atoms with E-state index < -0.39 is 0 Å². The van der Waals surface area contributed by atoms with Gasteiger partial charge in [-0.3, -0.25) is 4.79 Å². The first-order valence-corrected chi connectivity index (χ1v) is 12.6. The first kappa shape index (κ1) is 19.7. The standard InChI is InChI=1S/C21H21N5OS3/c1-25-13-22-23-21(25)30-12-18(27)26-20(17-8-4-10-29-17)16-7-2-5-14(19(16)24-26)11-15-6-3-9-28-15/h3-4,6,8-11,13,16,20H,2,5,7,12H2,1H3. The van der Waals surface area contributed by atoms with Crippen molar-refractivity contribution >= 4 is 52.1 Å². The molecule has 1 aliphatic carbocycles. The van der Waals surface area contributed by atoms with Crippen molar-refractivity contribution in [2.75, 3.05) is 5.75 Å². The lowest BCUT2D eigenvalue weighted by molar-refractivity contribution is -0.130. The molecule has 154 valence electrons. The van der Waals surface area contributed by atoms with Gasteiger partial charge in [0.15, 0.2) is 5.16 Å². The van der Waals surface area contributed by atoms with Gasteiger partial charge >= 0.3 is 0 Å². The van der Waals surface area contributed by atoms with Gasteiger partial charge in [0.25, 0.3) is 5.91 Å². The number of aryl methyl sites for hydroxylation is 1. The normalized spacial score (nSPS) is 22.4. The second-order valence-corrected chi connectivity index (χ2v) is 10.3. The maximum Gasteiger partial charge on any atom is 0.253 e. The number of thioether (sulfide) groups is 1. The Morgan fingerprint density at radius 3 is 2.90 bits per heavy atom. The average Bonchev–Trinajstić information content (AvgIpc) is 3.53. The zero-order chi connectivity index (χ0) is 20.5. The Bertz CT molecular complexity index is 1080. The fourth-order valence-corrected chi connectivity index (χ4v) is 6.38. The summed E-state index contributed by atoms with van der Waals surface area (Å²) < 4.78 is 1.83. The smallest absolute Gasteiger partial charge is 0.253 e. The highest BCUT2D eigenvalue weighted by Crippen LogP contribution is 2.45. The molecule has 4 heterocycles. The van der Waals surface area contributed by atoms with E-state index in [0.29, 0.717) is 5.75 Å². The molecule has 0 saturated heterocycles. The number of hydrazone groups is 1. The molecule has 0 N–H and O–H groups in total. The van der Waals surface area contributed by atoms with Crippen LogP contribution in [0.4, 0.5) is 0 Å². The average molecular weight is 456 g/mol. The van der Waals surface area contributed by atoms with Crippen LogP contribution in [0.15, 0.2) is 57.2 Å². The largest absolute Gasteiger partial charge is 0.312 e. The molecule has 6 nitrogen and oxygen atoms in total. The summed E-state index contributed by atoms with van der Waals surface area (Å²) >= 11 is 4.85. The predicted molar refractivity (Wildman–Crippen MR) is 123 cm³/mol. The number of nitrogens with zero attached hydrogens (tertiary/aromatic N) is 5. The summed E-state index contributed by atoms with van der Waals surface area (Å²) in [5.41, 5.74) is 2.36. The Morgan fingerprint density at radius 2 is 2.17 bits per heavy atom. The van der Waals surface area contributed by atoms with Crippen LogP contribution in [-0.2, 0) is 11.8 Å². The van der Waals surface area contributed by atoms with Gasteiger partial charge in [0.05, 0.1) is 17.5 Å². The Morgan fingerprint density at radius 1 is 1.30 bits per heavy atom. The van der Waals surface area contributed by atoms with Crippen LogP contribution in [0.5, 0.6) is 0 Å². The number of carbonyl (C=O) groups excluding carboxylic acids is 1. The first-order valence-electron chi connectivity index (χ1n) is 9.86. The molecule has 3 aromatic rings. The highest BCUT2D eigenvalue weighted by atomic mass is 32.2. The lowest BCUT2D eigenvalue weighted by Gasteiger charge is -2.28. The molecule has 0 bridgehead atoms. The van der Waals surface area contributed by atoms with Crippen molar-refractivity contribution < 1.29 is 4.79 Å². The molecule has 1 saturated carbocycles. The maximum absolute atomic E-state index is 13.3. The number of hydrogen-bond acceptors (Lipinski definition) is 7. The molecular formula is C21H21N5OS3. The molecule has 30 heavy (non-hydrogen) atoms. The number of fused-ring (bicyclic) bond motifs is 1. The maximum atomic E-state index is 13.3. The molecule has 3 aromatic heterocycles. The van der Waals surface area contributed by atoms with Crippen LogP contribution in [0.25, 0.3) is 6.08 Å². The van der Waals surface area contributed by atoms with Crippen molar-refractivity contribution in [3.8, 4) is 0 Å². The van der Waals surface area contributed by atoms with Crippen LogP contribution in [0.2, 0.25) is 0 Å². The van der Waals surface area contributed by atoms with E-state index in [4.69, 9.17) is 5.10 Å². The Kier molecular flexibility index (Phi) is 5.58. The Hall–Kier alpha value is -2.23. The van der Waals surface area contributed by atoms with E-state index in [1.54, 1.807) is 34.0 Å². The zero-order valence-electron chi connectivity index (χ0n) is 16.5. The van der Waals surface area contributed by atoms with Gasteiger partial charge in [0.1, 0.15) is 6.33 Å². The molecule has 9 heteroatoms. The minimum Gasteiger partial charge on any atom is -0.312 e. The predicted octanol–water partition coefficient (Wildman–Crippen LogP) is 4.85. The number of rotatable bonds is 5. The van der Waals surface area contributed by atoms with Crippen LogP contribution in [0.3, 0.4) is 0 Å². The van der Waals surface area contributed by atoms with Gasteiger partial charge in [-0.15, -0.1) is 32.9 Å². The molecule has 1 aliphatic heterocycles. The number of allylic oxidation sites excluding steroid dienone is 1. The van der Waals surface area contributed by atoms with E-state index in [0.717, 1.165) is 30.1 Å². The van der Waals surface area contributed by atoms with Crippen LogP contribution in [-0.4, -0.2) is 37.1 Å². The molecule has 2 aliphatic rings. The van der Waals surface area contributed by atoms with E-state index in [1.165, 1.54) is 27.1 Å². The number of aromatic nitrogens is 3. The van der Waals surface area contributed by atoms with Gasteiger partial charge in [-0.1, -0.05) is 23.9 Å². The fraction of sp³-hybridized carbons (Fsp3) is 0.333. The second-order valence-electron chi connectivity index (χ2n) is 7.38. The summed E-state index contributed by atoms with van der Waals surface area (Å²) in [4.78, 5) is 15.7. The van der Waals surface area contributed by atoms with Crippen LogP contribution >= 0.6 is 34.4 Å². The molecule has 0 spiro atoms. The van der Waals surface area contributed by atoms with Crippen LogP contribution in [0, 0.1) is 5.92 Å². The van der Waals surface area contributed by atoms with Crippen LogP contribution < -0.4 is 0 Å². The number of hydrogen-bond donors (Lipinski definition) is 0. The Labute approximate surface area is 187 Å². The van der Waals surface area contributed by atoms with Gasteiger partial charge in [-0.25, -0.2) is 5.01 Å². The summed E-state index contributed by atoms with van der Waals surface area (Å²) in [7, 11) is 1.88. The van der Waals surface area contributed by atoms with E-state index in [9.17, 15) is 4.79 Å². The summed E-state index contributed by atoms with van der Waals surface area (Å²) in [5.74, 6) is 0.563. The summed E-state index contributed by atoms with van der Waals surface area (Å²) in [5, 5.41) is 19.5. The first-order chi connectivity index (χ1) is 14.7. The molecule has 1 amide bonds. The van der Waals surface area contributed by atoms with E-state index in [1.807, 2.05) is 11.6 Å². The van der Waals surface area contributed by atoms with Gasteiger partial charge in [-0.05, 0) is 53.8 Å². The van der Waals surface area contributed by atoms with Crippen molar-refractivity contribution in [3.63, 3.8) is 0 Å². The number of amides is 1. The molecule has 1 fully saturated rings. The van der Waals surface area contributed by atoms with E-state index in [2.05, 4.69) is 51.3 Å². The van der Waals surface area contributed by atoms with E-state index in [-0.39, 0.29) is 17.9 Å². The van der Waals surface area contributed by atoms with Gasteiger partial charge < -0.3 is 4.57 Å². The summed E-state index contributed by atoms with van der Waals surface area (Å²) in [6.45, 7) is 0. The van der Waals surface area contributed by atoms with Gasteiger partial charge in [0.2, 0.25) is 0 Å². The van der Waals surface area contributed by atoms with Crippen molar-refractivity contribution in [1.82, 2.24) is 19.8 Å². The third-order valence-corrected chi connectivity index (χ3v) is 8.23. The quantitative estimate of drug-likeness (QED) is 0.516. The Balaban J connectivity index is 1.45.